The van der Waals surface area contributed by atoms with Crippen LogP contribution in [0.25, 0.3) is 0 Å². The van der Waals surface area contributed by atoms with Gasteiger partial charge in [0.15, 0.2) is 0 Å². The Hall–Kier alpha value is -1.10. The number of carbonyl (C=O) groups excluding carboxylic acids is 1. The van der Waals surface area contributed by atoms with Gasteiger partial charge in [0.05, 0.1) is 11.8 Å². The topological polar surface area (TPSA) is 60.9 Å². The first-order chi connectivity index (χ1) is 9.25. The van der Waals surface area contributed by atoms with Crippen LogP contribution in [0.15, 0.2) is 0 Å². The van der Waals surface area contributed by atoms with Crippen molar-refractivity contribution < 1.29 is 14.7 Å². The number of amides is 1. The van der Waals surface area contributed by atoms with E-state index in [4.69, 9.17) is 0 Å². The lowest BCUT2D eigenvalue weighted by molar-refractivity contribution is -0.142. The van der Waals surface area contributed by atoms with Crippen LogP contribution >= 0.6 is 0 Å². The van der Waals surface area contributed by atoms with E-state index in [0.717, 1.165) is 32.5 Å². The first kappa shape index (κ1) is 15.3. The van der Waals surface area contributed by atoms with Crippen molar-refractivity contribution in [2.45, 2.75) is 26.7 Å². The summed E-state index contributed by atoms with van der Waals surface area (Å²) in [6.07, 6.45) is 2.05. The van der Waals surface area contributed by atoms with Gasteiger partial charge in [-0.1, -0.05) is 13.8 Å². The van der Waals surface area contributed by atoms with Gasteiger partial charge in [-0.3, -0.25) is 9.59 Å². The molecular weight excluding hydrogens is 256 g/mol. The summed E-state index contributed by atoms with van der Waals surface area (Å²) in [6, 6.07) is 0. The van der Waals surface area contributed by atoms with Crippen LogP contribution in [-0.4, -0.2) is 60.5 Å². The van der Waals surface area contributed by atoms with Crippen molar-refractivity contribution in [1.82, 2.24) is 9.80 Å². The molecule has 0 aromatic carbocycles. The average Bonchev–Trinajstić information content (AvgIpc) is 2.92. The number of carboxylic acids is 1. The molecule has 1 saturated heterocycles. The van der Waals surface area contributed by atoms with Crippen LogP contribution < -0.4 is 0 Å². The molecule has 1 aliphatic heterocycles. The summed E-state index contributed by atoms with van der Waals surface area (Å²) in [5, 5.41) is 9.17. The molecule has 2 fully saturated rings. The van der Waals surface area contributed by atoms with Gasteiger partial charge in [-0.15, -0.1) is 0 Å². The van der Waals surface area contributed by atoms with Crippen molar-refractivity contribution in [3.8, 4) is 0 Å². The molecule has 0 unspecified atom stereocenters. The lowest BCUT2D eigenvalue weighted by Gasteiger charge is -2.33. The fraction of sp³-hybridized carbons (Fsp3) is 0.867. The Kier molecular flexibility index (Phi) is 4.09. The minimum atomic E-state index is -0.837. The SMILES string of the molecule is CN(C)CC1CCN(C(=O)[C@H]2[C@@H](C(=O)O)C2(C)C)CC1. The fourth-order valence-electron chi connectivity index (χ4n) is 3.61. The van der Waals surface area contributed by atoms with Crippen molar-refractivity contribution >= 4 is 11.9 Å². The summed E-state index contributed by atoms with van der Waals surface area (Å²) < 4.78 is 0. The molecule has 114 valence electrons. The predicted octanol–water partition coefficient (Wildman–Crippen LogP) is 1.14. The van der Waals surface area contributed by atoms with Crippen LogP contribution in [-0.2, 0) is 9.59 Å². The number of hydrogen-bond acceptors (Lipinski definition) is 3. The Balaban J connectivity index is 1.89. The van der Waals surface area contributed by atoms with E-state index >= 15 is 0 Å². The van der Waals surface area contributed by atoms with Gasteiger partial charge >= 0.3 is 5.97 Å². The number of aliphatic carboxylic acids is 1. The monoisotopic (exact) mass is 282 g/mol. The van der Waals surface area contributed by atoms with Gasteiger partial charge in [0, 0.05) is 19.6 Å². The minimum absolute atomic E-state index is 0.0469. The lowest BCUT2D eigenvalue weighted by atomic mass is 9.96. The largest absolute Gasteiger partial charge is 0.481 e. The molecule has 2 aliphatic rings. The Bertz CT molecular complexity index is 398. The lowest BCUT2D eigenvalue weighted by Crippen LogP contribution is -2.42. The zero-order valence-corrected chi connectivity index (χ0v) is 12.9. The highest BCUT2D eigenvalue weighted by molar-refractivity contribution is 5.91. The summed E-state index contributed by atoms with van der Waals surface area (Å²) in [5.41, 5.74) is -0.386. The van der Waals surface area contributed by atoms with Gasteiger partial charge in [-0.05, 0) is 38.3 Å². The van der Waals surface area contributed by atoms with Gasteiger partial charge in [0.1, 0.15) is 0 Å². The second kappa shape index (κ2) is 5.35. The Morgan fingerprint density at radius 2 is 1.75 bits per heavy atom. The molecule has 2 atom stereocenters. The van der Waals surface area contributed by atoms with Crippen LogP contribution in [0, 0.1) is 23.2 Å². The minimum Gasteiger partial charge on any atom is -0.481 e. The van der Waals surface area contributed by atoms with E-state index in [0.29, 0.717) is 5.92 Å². The van der Waals surface area contributed by atoms with E-state index in [9.17, 15) is 14.7 Å². The van der Waals surface area contributed by atoms with Crippen LogP contribution in [0.5, 0.6) is 0 Å². The van der Waals surface area contributed by atoms with Gasteiger partial charge in [0.2, 0.25) is 5.91 Å². The highest BCUT2D eigenvalue weighted by atomic mass is 16.4. The molecule has 1 aliphatic carbocycles. The van der Waals surface area contributed by atoms with Crippen LogP contribution in [0.3, 0.4) is 0 Å². The number of rotatable bonds is 4. The number of likely N-dealkylation sites (tertiary alicyclic amines) is 1. The molecule has 0 aromatic heterocycles. The summed E-state index contributed by atoms with van der Waals surface area (Å²) in [4.78, 5) is 27.7. The second-order valence-electron chi connectivity index (χ2n) is 7.15. The predicted molar refractivity (Wildman–Crippen MR) is 76.3 cm³/mol. The number of carboxylic acid groups (broad SMARTS) is 1. The second-order valence-corrected chi connectivity index (χ2v) is 7.15. The first-order valence-electron chi connectivity index (χ1n) is 7.41. The van der Waals surface area contributed by atoms with E-state index in [1.807, 2.05) is 18.7 Å². The van der Waals surface area contributed by atoms with Crippen molar-refractivity contribution in [3.05, 3.63) is 0 Å². The van der Waals surface area contributed by atoms with Crippen molar-refractivity contribution in [3.63, 3.8) is 0 Å². The van der Waals surface area contributed by atoms with Gasteiger partial charge in [0.25, 0.3) is 0 Å². The van der Waals surface area contributed by atoms with E-state index in [2.05, 4.69) is 19.0 Å². The highest BCUT2D eigenvalue weighted by Crippen LogP contribution is 2.59. The van der Waals surface area contributed by atoms with E-state index in [1.54, 1.807) is 0 Å². The fourth-order valence-corrected chi connectivity index (χ4v) is 3.61. The third-order valence-corrected chi connectivity index (χ3v) is 4.91. The summed E-state index contributed by atoms with van der Waals surface area (Å²) in [6.45, 7) is 6.38. The Morgan fingerprint density at radius 1 is 1.20 bits per heavy atom. The Labute approximate surface area is 120 Å². The van der Waals surface area contributed by atoms with Gasteiger partial charge < -0.3 is 14.9 Å². The maximum Gasteiger partial charge on any atom is 0.307 e. The molecule has 1 amide bonds. The Morgan fingerprint density at radius 3 is 2.15 bits per heavy atom. The average molecular weight is 282 g/mol. The third kappa shape index (κ3) is 2.82. The zero-order valence-electron chi connectivity index (χ0n) is 12.9. The molecule has 20 heavy (non-hydrogen) atoms. The zero-order chi connectivity index (χ0) is 15.1. The normalized spacial score (nSPS) is 29.6. The summed E-state index contributed by atoms with van der Waals surface area (Å²) >= 11 is 0. The number of nitrogens with zero attached hydrogens (tertiary/aromatic N) is 2. The highest BCUT2D eigenvalue weighted by Gasteiger charge is 2.66. The molecule has 1 heterocycles. The molecule has 1 saturated carbocycles. The molecule has 5 heteroatoms. The van der Waals surface area contributed by atoms with Gasteiger partial charge in [-0.2, -0.15) is 0 Å². The van der Waals surface area contributed by atoms with Crippen molar-refractivity contribution in [2.75, 3.05) is 33.7 Å². The van der Waals surface area contributed by atoms with Crippen molar-refractivity contribution in [1.29, 1.82) is 0 Å². The molecule has 0 spiro atoms. The number of carbonyl (C=O) groups is 2. The maximum atomic E-state index is 12.5. The van der Waals surface area contributed by atoms with E-state index in [-0.39, 0.29) is 17.2 Å². The summed E-state index contributed by atoms with van der Waals surface area (Å²) in [5.74, 6) is -0.974. The molecular formula is C15H26N2O3. The van der Waals surface area contributed by atoms with E-state index < -0.39 is 11.9 Å². The molecule has 0 bridgehead atoms. The standard InChI is InChI=1S/C15H26N2O3/c1-15(2)11(12(15)14(19)20)13(18)17-7-5-10(6-8-17)9-16(3)4/h10-12H,5-9H2,1-4H3,(H,19,20)/t11-,12+/m1/s1. The quantitative estimate of drug-likeness (QED) is 0.840. The summed E-state index contributed by atoms with van der Waals surface area (Å²) in [7, 11) is 4.14. The molecule has 2 rings (SSSR count). The third-order valence-electron chi connectivity index (χ3n) is 4.91. The molecule has 0 radical (unpaired) electrons. The maximum absolute atomic E-state index is 12.5. The molecule has 1 N–H and O–H groups in total. The van der Waals surface area contributed by atoms with Crippen LogP contribution in [0.4, 0.5) is 0 Å². The number of piperidine rings is 1. The van der Waals surface area contributed by atoms with E-state index in [1.165, 1.54) is 0 Å². The van der Waals surface area contributed by atoms with Crippen LogP contribution in [0.2, 0.25) is 0 Å². The molecule has 5 nitrogen and oxygen atoms in total. The first-order valence-corrected chi connectivity index (χ1v) is 7.41. The smallest absolute Gasteiger partial charge is 0.307 e. The number of hydrogen-bond donors (Lipinski definition) is 1. The van der Waals surface area contributed by atoms with Crippen molar-refractivity contribution in [2.24, 2.45) is 23.2 Å². The van der Waals surface area contributed by atoms with Gasteiger partial charge in [-0.25, -0.2) is 0 Å². The molecule has 0 aromatic rings. The van der Waals surface area contributed by atoms with Crippen LogP contribution in [0.1, 0.15) is 26.7 Å².